The molecule has 136 valence electrons. The van der Waals surface area contributed by atoms with Crippen LogP contribution in [-0.2, 0) is 23.5 Å². The van der Waals surface area contributed by atoms with Gasteiger partial charge in [-0.15, -0.1) is 31.7 Å². The van der Waals surface area contributed by atoms with Crippen LogP contribution in [0, 0.1) is 0 Å². The maximum atomic E-state index is 5.59. The van der Waals surface area contributed by atoms with Crippen LogP contribution in [0.3, 0.4) is 0 Å². The summed E-state index contributed by atoms with van der Waals surface area (Å²) in [7, 11) is 0. The normalized spacial score (nSPS) is 10.1. The van der Waals surface area contributed by atoms with Crippen molar-refractivity contribution < 1.29 is 25.9 Å². The van der Waals surface area contributed by atoms with Crippen LogP contribution in [0.5, 0.6) is 0 Å². The van der Waals surface area contributed by atoms with E-state index in [2.05, 4.69) is 20.4 Å². The molecule has 0 saturated carbocycles. The second-order valence-electron chi connectivity index (χ2n) is 5.29. The predicted molar refractivity (Wildman–Crippen MR) is 97.8 cm³/mol. The van der Waals surface area contributed by atoms with Gasteiger partial charge in [-0.3, -0.25) is 0 Å². The Morgan fingerprint density at radius 1 is 0.889 bits per heavy atom. The van der Waals surface area contributed by atoms with Gasteiger partial charge >= 0.3 is 17.1 Å². The Labute approximate surface area is 170 Å². The zero-order chi connectivity index (χ0) is 17.6. The third-order valence-electron chi connectivity index (χ3n) is 3.43. The standard InChI is InChI=1S/C14H9N4O2S.C5H5.Fe/c1-2-5-9(4-1)13-17-15-11(19-13)8-12-16-18-14(20-12)10-6-3-7-21-10;1-2-4-5-3-1;/h1-7H,8H2;1-5H;/q2*-1;+2. The van der Waals surface area contributed by atoms with E-state index in [1.165, 1.54) is 0 Å². The average molecular weight is 418 g/mol. The summed E-state index contributed by atoms with van der Waals surface area (Å²) in [6, 6.07) is 21.5. The Morgan fingerprint density at radius 3 is 2.30 bits per heavy atom. The molecule has 3 heterocycles. The minimum atomic E-state index is 0. The van der Waals surface area contributed by atoms with Crippen LogP contribution in [0.25, 0.3) is 22.2 Å². The molecule has 0 N–H and O–H groups in total. The molecule has 5 aromatic rings. The summed E-state index contributed by atoms with van der Waals surface area (Å²) in [4.78, 5) is 0.941. The summed E-state index contributed by atoms with van der Waals surface area (Å²) in [5.74, 6) is 1.91. The summed E-state index contributed by atoms with van der Waals surface area (Å²) >= 11 is 1.55. The van der Waals surface area contributed by atoms with Crippen LogP contribution in [0.15, 0.2) is 80.9 Å². The molecule has 0 spiro atoms. The number of nitrogens with zero attached hydrogens (tertiary/aromatic N) is 4. The van der Waals surface area contributed by atoms with Crippen LogP contribution >= 0.6 is 11.3 Å². The largest absolute Gasteiger partial charge is 2.00 e. The molecule has 0 aliphatic rings. The molecule has 0 unspecified atom stereocenters. The predicted octanol–water partition coefficient (Wildman–Crippen LogP) is 4.56. The minimum absolute atomic E-state index is 0. The summed E-state index contributed by atoms with van der Waals surface area (Å²) in [6.07, 6.45) is 0.325. The first-order valence-electron chi connectivity index (χ1n) is 7.96. The summed E-state index contributed by atoms with van der Waals surface area (Å²) in [5.41, 5.74) is 0.901. The Balaban J connectivity index is 0.000000306. The van der Waals surface area contributed by atoms with Gasteiger partial charge in [0.2, 0.25) is 11.8 Å². The molecule has 8 heteroatoms. The van der Waals surface area contributed by atoms with Gasteiger partial charge in [0.25, 0.3) is 5.89 Å². The Bertz CT molecular complexity index is 930. The Kier molecular flexibility index (Phi) is 6.48. The molecule has 5 rings (SSSR count). The van der Waals surface area contributed by atoms with E-state index in [4.69, 9.17) is 8.83 Å². The van der Waals surface area contributed by atoms with E-state index in [-0.39, 0.29) is 17.1 Å². The van der Waals surface area contributed by atoms with Crippen LogP contribution in [0.2, 0.25) is 0 Å². The zero-order valence-electron chi connectivity index (χ0n) is 14.0. The van der Waals surface area contributed by atoms with Gasteiger partial charge in [0.15, 0.2) is 5.89 Å². The van der Waals surface area contributed by atoms with Crippen molar-refractivity contribution in [2.75, 3.05) is 0 Å². The van der Waals surface area contributed by atoms with Crippen molar-refractivity contribution in [3.8, 4) is 22.2 Å². The van der Waals surface area contributed by atoms with E-state index < -0.39 is 0 Å². The van der Waals surface area contributed by atoms with Gasteiger partial charge in [0, 0.05) is 0 Å². The van der Waals surface area contributed by atoms with Gasteiger partial charge in [0.1, 0.15) is 6.42 Å². The van der Waals surface area contributed by atoms with Crippen LogP contribution in [0.1, 0.15) is 11.8 Å². The first-order valence-corrected chi connectivity index (χ1v) is 8.84. The SMILES string of the molecule is [Fe+2].c1cc[cH-]c1.c1csc(-c2nnc(Cc3nnc(-[c-]4cccc4)o3)o2)c1. The average Bonchev–Trinajstić information content (AvgIpc) is 3.50. The summed E-state index contributed by atoms with van der Waals surface area (Å²) < 4.78 is 11.2. The van der Waals surface area contributed by atoms with Crippen molar-refractivity contribution in [3.05, 3.63) is 83.9 Å². The van der Waals surface area contributed by atoms with Crippen LogP contribution in [-0.4, -0.2) is 20.4 Å². The van der Waals surface area contributed by atoms with Crippen molar-refractivity contribution in [1.82, 2.24) is 20.4 Å². The van der Waals surface area contributed by atoms with E-state index in [1.807, 2.05) is 72.1 Å². The Hall–Kier alpha value is -2.80. The molecule has 3 aromatic heterocycles. The van der Waals surface area contributed by atoms with Crippen molar-refractivity contribution in [3.63, 3.8) is 0 Å². The zero-order valence-corrected chi connectivity index (χ0v) is 15.9. The van der Waals surface area contributed by atoms with E-state index in [1.54, 1.807) is 11.3 Å². The van der Waals surface area contributed by atoms with Gasteiger partial charge in [-0.2, -0.15) is 30.3 Å². The summed E-state index contributed by atoms with van der Waals surface area (Å²) in [6.45, 7) is 0. The monoisotopic (exact) mass is 418 g/mol. The second-order valence-corrected chi connectivity index (χ2v) is 6.24. The molecule has 6 nitrogen and oxygen atoms in total. The fourth-order valence-electron chi connectivity index (χ4n) is 2.23. The molecule has 0 aliphatic carbocycles. The van der Waals surface area contributed by atoms with Gasteiger partial charge in [-0.05, 0) is 11.4 Å². The quantitative estimate of drug-likeness (QED) is 0.315. The van der Waals surface area contributed by atoms with E-state index in [0.29, 0.717) is 30.0 Å². The fourth-order valence-corrected chi connectivity index (χ4v) is 2.88. The topological polar surface area (TPSA) is 77.8 Å². The number of hydrogen-bond donors (Lipinski definition) is 0. The fraction of sp³-hybridized carbons (Fsp3) is 0.0526. The number of aromatic nitrogens is 4. The molecule has 2 aromatic carbocycles. The molecule has 27 heavy (non-hydrogen) atoms. The molecule has 0 amide bonds. The molecule has 0 atom stereocenters. The van der Waals surface area contributed by atoms with Crippen molar-refractivity contribution in [1.29, 1.82) is 0 Å². The maximum Gasteiger partial charge on any atom is 2.00 e. The summed E-state index contributed by atoms with van der Waals surface area (Å²) in [5, 5.41) is 18.0. The number of thiophene rings is 1. The van der Waals surface area contributed by atoms with E-state index in [0.717, 1.165) is 10.4 Å². The molecular weight excluding hydrogens is 404 g/mol. The van der Waals surface area contributed by atoms with Crippen molar-refractivity contribution in [2.24, 2.45) is 0 Å². The molecule has 0 bridgehead atoms. The molecule has 0 aliphatic heterocycles. The molecular formula is C19H14FeN4O2S. The van der Waals surface area contributed by atoms with E-state index >= 15 is 0 Å². The number of rotatable bonds is 4. The maximum absolute atomic E-state index is 5.59. The molecule has 0 radical (unpaired) electrons. The third kappa shape index (κ3) is 4.88. The van der Waals surface area contributed by atoms with Crippen LogP contribution in [0.4, 0.5) is 0 Å². The Morgan fingerprint density at radius 2 is 1.63 bits per heavy atom. The molecule has 0 fully saturated rings. The van der Waals surface area contributed by atoms with Gasteiger partial charge in [0.05, 0.1) is 4.88 Å². The number of hydrogen-bond acceptors (Lipinski definition) is 7. The van der Waals surface area contributed by atoms with Gasteiger partial charge in [-0.1, -0.05) is 11.6 Å². The van der Waals surface area contributed by atoms with Crippen LogP contribution < -0.4 is 0 Å². The first-order chi connectivity index (χ1) is 12.9. The van der Waals surface area contributed by atoms with E-state index in [9.17, 15) is 0 Å². The third-order valence-corrected chi connectivity index (χ3v) is 4.29. The van der Waals surface area contributed by atoms with Gasteiger partial charge in [-0.25, -0.2) is 24.3 Å². The molecule has 0 saturated heterocycles. The van der Waals surface area contributed by atoms with Crippen molar-refractivity contribution in [2.45, 2.75) is 6.42 Å². The van der Waals surface area contributed by atoms with Gasteiger partial charge < -0.3 is 8.83 Å². The first kappa shape index (κ1) is 19.0. The minimum Gasteiger partial charge on any atom is -0.432 e. The van der Waals surface area contributed by atoms with Crippen molar-refractivity contribution >= 4 is 11.3 Å². The smallest absolute Gasteiger partial charge is 0.432 e. The second kappa shape index (κ2) is 9.23.